The molecule has 1 saturated heterocycles. The molecule has 1 spiro atoms. The maximum atomic E-state index is 13.1. The summed E-state index contributed by atoms with van der Waals surface area (Å²) in [6, 6.07) is 13.4. The van der Waals surface area contributed by atoms with Crippen molar-refractivity contribution in [3.8, 4) is 11.4 Å². The maximum Gasteiger partial charge on any atom is 0.257 e. The van der Waals surface area contributed by atoms with Gasteiger partial charge >= 0.3 is 0 Å². The van der Waals surface area contributed by atoms with Gasteiger partial charge in [0.15, 0.2) is 0 Å². The van der Waals surface area contributed by atoms with Crippen LogP contribution in [-0.4, -0.2) is 45.9 Å². The van der Waals surface area contributed by atoms with Crippen molar-refractivity contribution in [2.45, 2.75) is 31.1 Å². The molecule has 7 nitrogen and oxygen atoms in total. The number of rotatable bonds is 3. The Balaban J connectivity index is 1.42. The summed E-state index contributed by atoms with van der Waals surface area (Å²) >= 11 is 0. The van der Waals surface area contributed by atoms with Gasteiger partial charge in [0.25, 0.3) is 11.5 Å². The van der Waals surface area contributed by atoms with Gasteiger partial charge in [-0.2, -0.15) is 0 Å². The van der Waals surface area contributed by atoms with Gasteiger partial charge in [-0.3, -0.25) is 9.59 Å². The molecule has 1 aliphatic carbocycles. The fraction of sp³-hybridized carbons (Fsp3) is 0.333. The molecule has 2 aliphatic rings. The Bertz CT molecular complexity index is 1180. The molecule has 3 aromatic rings. The van der Waals surface area contributed by atoms with Crippen LogP contribution in [0, 0.1) is 0 Å². The van der Waals surface area contributed by atoms with Crippen LogP contribution in [0.15, 0.2) is 53.5 Å². The van der Waals surface area contributed by atoms with E-state index in [9.17, 15) is 9.59 Å². The molecule has 5 rings (SSSR count). The first-order valence-corrected chi connectivity index (χ1v) is 10.7. The molecule has 1 aliphatic heterocycles. The van der Waals surface area contributed by atoms with Crippen molar-refractivity contribution >= 4 is 11.7 Å². The maximum absolute atomic E-state index is 13.1. The van der Waals surface area contributed by atoms with Crippen molar-refractivity contribution in [3.05, 3.63) is 75.8 Å². The molecule has 1 amide bonds. The second-order valence-electron chi connectivity index (χ2n) is 8.33. The van der Waals surface area contributed by atoms with Crippen LogP contribution in [0.5, 0.6) is 0 Å². The molecule has 7 heteroatoms. The zero-order chi connectivity index (χ0) is 21.4. The van der Waals surface area contributed by atoms with Crippen molar-refractivity contribution < 1.29 is 4.79 Å². The number of benzene rings is 1. The summed E-state index contributed by atoms with van der Waals surface area (Å²) in [5.41, 5.74) is 3.07. The Labute approximate surface area is 180 Å². The minimum absolute atomic E-state index is 0.00522. The van der Waals surface area contributed by atoms with Crippen molar-refractivity contribution in [1.82, 2.24) is 19.9 Å². The number of hydrogen-bond acceptors (Lipinski definition) is 5. The van der Waals surface area contributed by atoms with Crippen molar-refractivity contribution in [1.29, 1.82) is 0 Å². The van der Waals surface area contributed by atoms with Gasteiger partial charge in [0.2, 0.25) is 0 Å². The fourth-order valence-electron chi connectivity index (χ4n) is 4.96. The Kier molecular flexibility index (Phi) is 4.81. The van der Waals surface area contributed by atoms with Crippen LogP contribution < -0.4 is 10.9 Å². The van der Waals surface area contributed by atoms with E-state index in [-0.39, 0.29) is 16.9 Å². The lowest BCUT2D eigenvalue weighted by Crippen LogP contribution is -2.45. The highest BCUT2D eigenvalue weighted by molar-refractivity contribution is 5.98. The van der Waals surface area contributed by atoms with E-state index in [0.717, 1.165) is 42.5 Å². The van der Waals surface area contributed by atoms with Crippen LogP contribution in [0.1, 0.15) is 40.9 Å². The van der Waals surface area contributed by atoms with Crippen LogP contribution in [0.3, 0.4) is 0 Å². The van der Waals surface area contributed by atoms with Gasteiger partial charge in [0.1, 0.15) is 11.6 Å². The van der Waals surface area contributed by atoms with Crippen LogP contribution in [-0.2, 0) is 11.8 Å². The summed E-state index contributed by atoms with van der Waals surface area (Å²) in [7, 11) is 1.77. The smallest absolute Gasteiger partial charge is 0.257 e. The predicted molar refractivity (Wildman–Crippen MR) is 119 cm³/mol. The second-order valence-corrected chi connectivity index (χ2v) is 8.33. The number of anilines is 1. The molecule has 0 saturated carbocycles. The Morgan fingerprint density at radius 1 is 1.10 bits per heavy atom. The van der Waals surface area contributed by atoms with E-state index in [1.54, 1.807) is 19.3 Å². The number of nitrogens with one attached hydrogen (secondary N) is 2. The number of likely N-dealkylation sites (tertiary alicyclic amines) is 1. The molecule has 31 heavy (non-hydrogen) atoms. The highest BCUT2D eigenvalue weighted by atomic mass is 16.2. The normalized spacial score (nSPS) is 16.9. The van der Waals surface area contributed by atoms with E-state index < -0.39 is 0 Å². The number of nitrogens with zero attached hydrogens (tertiary/aromatic N) is 3. The number of carbonyl (C=O) groups is 1. The number of H-pyrrole nitrogens is 1. The number of hydrogen-bond donors (Lipinski definition) is 2. The van der Waals surface area contributed by atoms with Gasteiger partial charge in [-0.05, 0) is 37.8 Å². The molecular weight excluding hydrogens is 390 g/mol. The van der Waals surface area contributed by atoms with E-state index in [2.05, 4.69) is 15.3 Å². The number of amides is 1. The van der Waals surface area contributed by atoms with E-state index in [4.69, 9.17) is 4.98 Å². The van der Waals surface area contributed by atoms with Gasteiger partial charge in [-0.25, -0.2) is 9.97 Å². The number of fused-ring (bicyclic) bond motifs is 2. The molecule has 1 aromatic carbocycles. The Morgan fingerprint density at radius 2 is 1.87 bits per heavy atom. The van der Waals surface area contributed by atoms with Crippen LogP contribution >= 0.6 is 0 Å². The largest absolute Gasteiger partial charge is 0.372 e. The van der Waals surface area contributed by atoms with Crippen molar-refractivity contribution in [3.63, 3.8) is 0 Å². The van der Waals surface area contributed by atoms with Gasteiger partial charge in [-0.15, -0.1) is 0 Å². The van der Waals surface area contributed by atoms with Gasteiger partial charge in [0, 0.05) is 42.9 Å². The van der Waals surface area contributed by atoms with E-state index in [0.29, 0.717) is 30.3 Å². The second kappa shape index (κ2) is 7.65. The first-order valence-electron chi connectivity index (χ1n) is 10.7. The monoisotopic (exact) mass is 415 g/mol. The van der Waals surface area contributed by atoms with Gasteiger partial charge in [-0.1, -0.05) is 30.3 Å². The summed E-state index contributed by atoms with van der Waals surface area (Å²) < 4.78 is 0. The zero-order valence-corrected chi connectivity index (χ0v) is 17.5. The first-order chi connectivity index (χ1) is 15.1. The summed E-state index contributed by atoms with van der Waals surface area (Å²) in [4.78, 5) is 39.9. The molecule has 0 atom stereocenters. The third-order valence-corrected chi connectivity index (χ3v) is 6.70. The molecule has 0 unspecified atom stereocenters. The minimum atomic E-state index is -0.134. The molecule has 158 valence electrons. The average molecular weight is 415 g/mol. The number of aromatic amines is 1. The summed E-state index contributed by atoms with van der Waals surface area (Å²) in [6.07, 6.45) is 4.95. The lowest BCUT2D eigenvalue weighted by molar-refractivity contribution is 0.0664. The molecule has 0 radical (unpaired) electrons. The lowest BCUT2D eigenvalue weighted by atomic mass is 9.76. The molecular formula is C24H25N5O2. The quantitative estimate of drug-likeness (QED) is 0.686. The number of carbonyl (C=O) groups excluding carboxylic acids is 1. The number of pyridine rings is 1. The highest BCUT2D eigenvalue weighted by Gasteiger charge is 2.44. The van der Waals surface area contributed by atoms with E-state index in [1.807, 2.05) is 41.3 Å². The standard InChI is InChI=1S/C24H25N5O2/c1-25-21-18(8-5-13-26-21)23(31)29-14-11-24(12-15-29)10-9-17-19(24)27-20(28-22(17)30)16-6-3-2-4-7-16/h2-8,13H,9-12,14-15H2,1H3,(H,25,26)(H,27,28,30). The Hall–Kier alpha value is -3.48. The molecule has 0 bridgehead atoms. The van der Waals surface area contributed by atoms with Crippen molar-refractivity contribution in [2.24, 2.45) is 0 Å². The fourth-order valence-corrected chi connectivity index (χ4v) is 4.96. The SMILES string of the molecule is CNc1ncccc1C(=O)N1CCC2(CCc3c2nc(-c2ccccc2)[nH]c3=O)CC1. The predicted octanol–water partition coefficient (Wildman–Crippen LogP) is 2.99. The average Bonchev–Trinajstić information content (AvgIpc) is 3.18. The van der Waals surface area contributed by atoms with Crippen molar-refractivity contribution in [2.75, 3.05) is 25.5 Å². The third-order valence-electron chi connectivity index (χ3n) is 6.70. The van der Waals surface area contributed by atoms with Gasteiger partial charge in [0.05, 0.1) is 11.3 Å². The lowest BCUT2D eigenvalue weighted by Gasteiger charge is -2.39. The van der Waals surface area contributed by atoms with E-state index in [1.165, 1.54) is 0 Å². The summed E-state index contributed by atoms with van der Waals surface area (Å²) in [6.45, 7) is 1.29. The minimum Gasteiger partial charge on any atom is -0.372 e. The van der Waals surface area contributed by atoms with Crippen LogP contribution in [0.4, 0.5) is 5.82 Å². The van der Waals surface area contributed by atoms with Gasteiger partial charge < -0.3 is 15.2 Å². The zero-order valence-electron chi connectivity index (χ0n) is 17.5. The topological polar surface area (TPSA) is 91.0 Å². The van der Waals surface area contributed by atoms with E-state index >= 15 is 0 Å². The summed E-state index contributed by atoms with van der Waals surface area (Å²) in [5, 5.41) is 3.00. The summed E-state index contributed by atoms with van der Waals surface area (Å²) in [5.74, 6) is 1.22. The Morgan fingerprint density at radius 3 is 2.61 bits per heavy atom. The molecule has 2 aromatic heterocycles. The van der Waals surface area contributed by atoms with Crippen LogP contribution in [0.25, 0.3) is 11.4 Å². The number of aromatic nitrogens is 3. The first kappa shape index (κ1) is 19.5. The molecule has 3 heterocycles. The number of piperidine rings is 1. The molecule has 1 fully saturated rings. The molecule has 2 N–H and O–H groups in total. The highest BCUT2D eigenvalue weighted by Crippen LogP contribution is 2.44. The van der Waals surface area contributed by atoms with Crippen LogP contribution in [0.2, 0.25) is 0 Å². The third kappa shape index (κ3) is 3.30.